The Morgan fingerprint density at radius 3 is 2.21 bits per heavy atom. The first-order valence-electron chi connectivity index (χ1n) is 11.3. The molecule has 0 unspecified atom stereocenters. The third-order valence-corrected chi connectivity index (χ3v) is 5.67. The molecule has 2 heterocycles. The van der Waals surface area contributed by atoms with Gasteiger partial charge in [-0.3, -0.25) is 9.69 Å². The molecule has 1 N–H and O–H groups in total. The summed E-state index contributed by atoms with van der Waals surface area (Å²) in [5, 5.41) is 7.15. The van der Waals surface area contributed by atoms with E-state index in [-0.39, 0.29) is 17.6 Å². The van der Waals surface area contributed by atoms with E-state index in [0.717, 1.165) is 37.5 Å². The number of nitrogens with zero attached hydrogens (tertiary/aromatic N) is 4. The molecule has 0 aliphatic heterocycles. The summed E-state index contributed by atoms with van der Waals surface area (Å²) in [6.07, 6.45) is -2.27. The van der Waals surface area contributed by atoms with Crippen LogP contribution >= 0.6 is 0 Å². The Kier molecular flexibility index (Phi) is 8.09. The van der Waals surface area contributed by atoms with E-state index in [2.05, 4.69) is 46.3 Å². The van der Waals surface area contributed by atoms with E-state index in [9.17, 15) is 18.0 Å². The van der Waals surface area contributed by atoms with E-state index in [1.54, 1.807) is 0 Å². The molecule has 9 heteroatoms. The molecule has 0 aliphatic carbocycles. The Balaban J connectivity index is 1.72. The maximum Gasteiger partial charge on any atom is 0.417 e. The average Bonchev–Trinajstić information content (AvgIpc) is 3.27. The number of halogens is 3. The molecule has 0 radical (unpaired) electrons. The number of benzene rings is 1. The topological polar surface area (TPSA) is 63.1 Å². The second kappa shape index (κ2) is 10.8. The van der Waals surface area contributed by atoms with Crippen molar-refractivity contribution in [2.24, 2.45) is 0 Å². The number of hydrogen-bond acceptors (Lipinski definition) is 4. The van der Waals surface area contributed by atoms with Crippen molar-refractivity contribution in [1.82, 2.24) is 25.0 Å². The summed E-state index contributed by atoms with van der Waals surface area (Å²) in [5.41, 5.74) is 2.30. The van der Waals surface area contributed by atoms with E-state index >= 15 is 0 Å². The van der Waals surface area contributed by atoms with Gasteiger partial charge in [-0.25, -0.2) is 9.67 Å². The molecule has 0 aliphatic rings. The maximum atomic E-state index is 12.9. The second-order valence-electron chi connectivity index (χ2n) is 8.37. The number of pyridine rings is 1. The van der Waals surface area contributed by atoms with Crippen molar-refractivity contribution >= 4 is 5.91 Å². The summed E-state index contributed by atoms with van der Waals surface area (Å²) in [6.45, 7) is 11.3. The Morgan fingerprint density at radius 1 is 1.03 bits per heavy atom. The highest BCUT2D eigenvalue weighted by Crippen LogP contribution is 2.29. The number of nitrogens with one attached hydrogen (secondary N) is 1. The monoisotopic (exact) mass is 473 g/mol. The SMILES string of the molecule is CCN(CC)Cc1ccc(CNC(=O)c2cnn(-c3ccc(C(F)(F)F)cn3)c2C(C)C)cc1. The molecule has 0 atom stereocenters. The van der Waals surface area contributed by atoms with Crippen LogP contribution < -0.4 is 5.32 Å². The Hall–Kier alpha value is -3.20. The van der Waals surface area contributed by atoms with Crippen LogP contribution in [0.5, 0.6) is 0 Å². The van der Waals surface area contributed by atoms with Crippen LogP contribution in [-0.2, 0) is 19.3 Å². The highest BCUT2D eigenvalue weighted by molar-refractivity contribution is 5.95. The highest BCUT2D eigenvalue weighted by atomic mass is 19.4. The minimum atomic E-state index is -4.47. The molecule has 2 aromatic heterocycles. The molecule has 6 nitrogen and oxygen atoms in total. The summed E-state index contributed by atoms with van der Waals surface area (Å²) >= 11 is 0. The minimum Gasteiger partial charge on any atom is -0.348 e. The summed E-state index contributed by atoms with van der Waals surface area (Å²) in [4.78, 5) is 19.2. The first-order valence-corrected chi connectivity index (χ1v) is 11.3. The van der Waals surface area contributed by atoms with E-state index in [1.807, 2.05) is 26.0 Å². The molecule has 0 saturated carbocycles. The van der Waals surface area contributed by atoms with Crippen LogP contribution in [0.25, 0.3) is 5.82 Å². The minimum absolute atomic E-state index is 0.105. The van der Waals surface area contributed by atoms with Gasteiger partial charge < -0.3 is 5.32 Å². The van der Waals surface area contributed by atoms with E-state index in [0.29, 0.717) is 17.8 Å². The van der Waals surface area contributed by atoms with Crippen molar-refractivity contribution in [2.75, 3.05) is 13.1 Å². The number of carbonyl (C=O) groups excluding carboxylic acids is 1. The molecular formula is C25H30F3N5O. The zero-order valence-corrected chi connectivity index (χ0v) is 19.9. The van der Waals surface area contributed by atoms with Crippen LogP contribution in [0.2, 0.25) is 0 Å². The van der Waals surface area contributed by atoms with Gasteiger partial charge in [0.25, 0.3) is 5.91 Å². The largest absolute Gasteiger partial charge is 0.417 e. The number of amides is 1. The molecule has 182 valence electrons. The van der Waals surface area contributed by atoms with Crippen LogP contribution in [0.15, 0.2) is 48.8 Å². The highest BCUT2D eigenvalue weighted by Gasteiger charge is 2.31. The van der Waals surface area contributed by atoms with Gasteiger partial charge in [0.2, 0.25) is 0 Å². The van der Waals surface area contributed by atoms with Gasteiger partial charge in [0.1, 0.15) is 0 Å². The lowest BCUT2D eigenvalue weighted by Gasteiger charge is -2.18. The van der Waals surface area contributed by atoms with Gasteiger partial charge in [-0.2, -0.15) is 18.3 Å². The molecular weight excluding hydrogens is 443 g/mol. The van der Waals surface area contributed by atoms with Crippen molar-refractivity contribution in [3.05, 3.63) is 76.7 Å². The van der Waals surface area contributed by atoms with E-state index < -0.39 is 11.7 Å². The Labute approximate surface area is 197 Å². The van der Waals surface area contributed by atoms with E-state index in [4.69, 9.17) is 0 Å². The summed E-state index contributed by atoms with van der Waals surface area (Å²) < 4.78 is 40.0. The van der Waals surface area contributed by atoms with Crippen molar-refractivity contribution in [1.29, 1.82) is 0 Å². The first-order chi connectivity index (χ1) is 16.1. The van der Waals surface area contributed by atoms with Crippen LogP contribution in [0.3, 0.4) is 0 Å². The molecule has 1 amide bonds. The molecule has 0 fully saturated rings. The lowest BCUT2D eigenvalue weighted by molar-refractivity contribution is -0.137. The van der Waals surface area contributed by atoms with Crippen molar-refractivity contribution in [3.8, 4) is 5.82 Å². The molecule has 3 aromatic rings. The molecule has 34 heavy (non-hydrogen) atoms. The van der Waals surface area contributed by atoms with Gasteiger partial charge in [0, 0.05) is 19.3 Å². The zero-order chi connectivity index (χ0) is 24.9. The fraction of sp³-hybridized carbons (Fsp3) is 0.400. The van der Waals surface area contributed by atoms with Crippen molar-refractivity contribution < 1.29 is 18.0 Å². The molecule has 0 spiro atoms. The Morgan fingerprint density at radius 2 is 1.68 bits per heavy atom. The lowest BCUT2D eigenvalue weighted by atomic mass is 10.0. The molecule has 0 saturated heterocycles. The van der Waals surface area contributed by atoms with Crippen LogP contribution in [-0.4, -0.2) is 38.7 Å². The zero-order valence-electron chi connectivity index (χ0n) is 19.9. The van der Waals surface area contributed by atoms with Crippen LogP contribution in [0.1, 0.15) is 66.4 Å². The van der Waals surface area contributed by atoms with Crippen LogP contribution in [0, 0.1) is 0 Å². The third kappa shape index (κ3) is 6.02. The predicted molar refractivity (Wildman–Crippen MR) is 125 cm³/mol. The fourth-order valence-electron chi connectivity index (χ4n) is 3.70. The van der Waals surface area contributed by atoms with Crippen LogP contribution in [0.4, 0.5) is 13.2 Å². The number of hydrogen-bond donors (Lipinski definition) is 1. The van der Waals surface area contributed by atoms with Gasteiger partial charge in [-0.1, -0.05) is 52.0 Å². The molecule has 1 aromatic carbocycles. The Bertz CT molecular complexity index is 1090. The maximum absolute atomic E-state index is 12.9. The summed E-state index contributed by atoms with van der Waals surface area (Å²) in [5.74, 6) is -0.180. The number of alkyl halides is 3. The number of carbonyl (C=O) groups is 1. The van der Waals surface area contributed by atoms with Gasteiger partial charge in [-0.05, 0) is 42.3 Å². The standard InChI is InChI=1S/C25H30F3N5O/c1-5-32(6-2)16-19-9-7-18(8-10-19)13-30-24(34)21-15-31-33(23(21)17(3)4)22-12-11-20(14-29-22)25(26,27)28/h7-12,14-15,17H,5-6,13,16H2,1-4H3,(H,30,34). The lowest BCUT2D eigenvalue weighted by Crippen LogP contribution is -2.24. The quantitative estimate of drug-likeness (QED) is 0.465. The third-order valence-electron chi connectivity index (χ3n) is 5.67. The van der Waals surface area contributed by atoms with Gasteiger partial charge >= 0.3 is 6.18 Å². The predicted octanol–water partition coefficient (Wildman–Crippen LogP) is 5.18. The van der Waals surface area contributed by atoms with Gasteiger partial charge in [-0.15, -0.1) is 0 Å². The van der Waals surface area contributed by atoms with Gasteiger partial charge in [0.05, 0.1) is 23.0 Å². The van der Waals surface area contributed by atoms with Gasteiger partial charge in [0.15, 0.2) is 5.82 Å². The van der Waals surface area contributed by atoms with Crippen molar-refractivity contribution in [2.45, 2.75) is 52.9 Å². The second-order valence-corrected chi connectivity index (χ2v) is 8.37. The number of aromatic nitrogens is 3. The van der Waals surface area contributed by atoms with Crippen molar-refractivity contribution in [3.63, 3.8) is 0 Å². The first kappa shape index (κ1) is 25.4. The summed E-state index contributed by atoms with van der Waals surface area (Å²) in [7, 11) is 0. The molecule has 3 rings (SSSR count). The number of rotatable bonds is 9. The average molecular weight is 474 g/mol. The fourth-order valence-corrected chi connectivity index (χ4v) is 3.70. The molecule has 0 bridgehead atoms. The smallest absolute Gasteiger partial charge is 0.348 e. The summed E-state index contributed by atoms with van der Waals surface area (Å²) in [6, 6.07) is 10.3. The van der Waals surface area contributed by atoms with E-state index in [1.165, 1.54) is 22.5 Å². The normalized spacial score (nSPS) is 11.9.